The van der Waals surface area contributed by atoms with Crippen LogP contribution >= 0.6 is 11.3 Å². The number of thiophene rings is 1. The van der Waals surface area contributed by atoms with Crippen LogP contribution in [-0.2, 0) is 0 Å². The molecular weight excluding hydrogens is 218 g/mol. The smallest absolute Gasteiger partial charge is 0.133 e. The zero-order valence-electron chi connectivity index (χ0n) is 9.76. The van der Waals surface area contributed by atoms with E-state index in [1.165, 1.54) is 4.88 Å². The summed E-state index contributed by atoms with van der Waals surface area (Å²) < 4.78 is 0. The summed E-state index contributed by atoms with van der Waals surface area (Å²) in [5, 5.41) is 11.3. The van der Waals surface area contributed by atoms with E-state index in [0.717, 1.165) is 19.6 Å². The summed E-state index contributed by atoms with van der Waals surface area (Å²) in [7, 11) is 2.15. The first-order valence-corrected chi connectivity index (χ1v) is 6.47. The van der Waals surface area contributed by atoms with Crippen molar-refractivity contribution in [3.63, 3.8) is 0 Å². The Morgan fingerprint density at radius 3 is 2.94 bits per heavy atom. The molecule has 1 aromatic heterocycles. The molecule has 1 aliphatic heterocycles. The van der Waals surface area contributed by atoms with Gasteiger partial charge in [-0.15, -0.1) is 11.3 Å². The van der Waals surface area contributed by atoms with Crippen molar-refractivity contribution in [3.05, 3.63) is 22.4 Å². The third-order valence-electron chi connectivity index (χ3n) is 3.29. The van der Waals surface area contributed by atoms with Crippen LogP contribution in [0.5, 0.6) is 0 Å². The molecule has 1 fully saturated rings. The summed E-state index contributed by atoms with van der Waals surface area (Å²) in [6, 6.07) is 6.98. The highest BCUT2D eigenvalue weighted by molar-refractivity contribution is 7.10. The van der Waals surface area contributed by atoms with Crippen molar-refractivity contribution in [1.29, 1.82) is 5.26 Å². The van der Waals surface area contributed by atoms with Gasteiger partial charge in [0.25, 0.3) is 0 Å². The van der Waals surface area contributed by atoms with Crippen molar-refractivity contribution in [2.75, 3.05) is 26.7 Å². The maximum atomic E-state index is 9.30. The summed E-state index contributed by atoms with van der Waals surface area (Å²) in [5.41, 5.74) is 0. The molecule has 1 saturated heterocycles. The fourth-order valence-electron chi connectivity index (χ4n) is 2.08. The second-order valence-corrected chi connectivity index (χ2v) is 5.35. The quantitative estimate of drug-likeness (QED) is 0.785. The average molecular weight is 235 g/mol. The summed E-state index contributed by atoms with van der Waals surface area (Å²) in [4.78, 5) is 5.80. The highest BCUT2D eigenvalue weighted by Gasteiger charge is 2.27. The van der Waals surface area contributed by atoms with Crippen LogP contribution < -0.4 is 0 Å². The van der Waals surface area contributed by atoms with Gasteiger partial charge in [-0.1, -0.05) is 6.07 Å². The molecule has 0 radical (unpaired) electrons. The Hall–Kier alpha value is -0.890. The van der Waals surface area contributed by atoms with E-state index in [1.807, 2.05) is 11.4 Å². The number of nitrogens with zero attached hydrogens (tertiary/aromatic N) is 3. The molecule has 0 amide bonds. The summed E-state index contributed by atoms with van der Waals surface area (Å²) in [6.45, 7) is 5.23. The number of hydrogen-bond acceptors (Lipinski definition) is 4. The van der Waals surface area contributed by atoms with E-state index in [-0.39, 0.29) is 6.04 Å². The molecule has 0 N–H and O–H groups in total. The van der Waals surface area contributed by atoms with Crippen LogP contribution in [0, 0.1) is 11.3 Å². The van der Waals surface area contributed by atoms with Gasteiger partial charge in [0.15, 0.2) is 0 Å². The number of likely N-dealkylation sites (N-methyl/N-ethyl adjacent to an activating group) is 1. The standard InChI is InChI=1S/C12H17N3S/c1-10-9-15(6-5-14(10)2)11(8-13)12-4-3-7-16-12/h3-4,7,10-11H,5-6,9H2,1-2H3. The third-order valence-corrected chi connectivity index (χ3v) is 4.22. The minimum atomic E-state index is -0.0591. The largest absolute Gasteiger partial charge is 0.301 e. The second kappa shape index (κ2) is 4.96. The maximum absolute atomic E-state index is 9.30. The van der Waals surface area contributed by atoms with E-state index in [2.05, 4.69) is 35.9 Å². The molecule has 16 heavy (non-hydrogen) atoms. The summed E-state index contributed by atoms with van der Waals surface area (Å²) in [5.74, 6) is 0. The molecule has 0 spiro atoms. The molecule has 2 rings (SSSR count). The van der Waals surface area contributed by atoms with Crippen LogP contribution in [0.1, 0.15) is 17.8 Å². The van der Waals surface area contributed by atoms with Gasteiger partial charge in [-0.2, -0.15) is 5.26 Å². The average Bonchev–Trinajstić information content (AvgIpc) is 2.78. The molecule has 1 aromatic rings. The van der Waals surface area contributed by atoms with Crippen molar-refractivity contribution < 1.29 is 0 Å². The lowest BCUT2D eigenvalue weighted by Crippen LogP contribution is -2.50. The van der Waals surface area contributed by atoms with Gasteiger partial charge in [0.2, 0.25) is 0 Å². The summed E-state index contributed by atoms with van der Waals surface area (Å²) in [6.07, 6.45) is 0. The Bertz CT molecular complexity index is 368. The van der Waals surface area contributed by atoms with Crippen LogP contribution in [0.15, 0.2) is 17.5 Å². The van der Waals surface area contributed by atoms with Gasteiger partial charge in [0.05, 0.1) is 6.07 Å². The first-order chi connectivity index (χ1) is 7.72. The first kappa shape index (κ1) is 11.6. The van der Waals surface area contributed by atoms with Crippen LogP contribution in [0.2, 0.25) is 0 Å². The Labute approximate surface area is 101 Å². The van der Waals surface area contributed by atoms with Gasteiger partial charge in [0.1, 0.15) is 6.04 Å². The predicted molar refractivity (Wildman–Crippen MR) is 66.3 cm³/mol. The lowest BCUT2D eigenvalue weighted by molar-refractivity contribution is 0.0890. The lowest BCUT2D eigenvalue weighted by atomic mass is 10.1. The summed E-state index contributed by atoms with van der Waals surface area (Å²) >= 11 is 1.67. The zero-order valence-corrected chi connectivity index (χ0v) is 10.6. The number of rotatable bonds is 2. The highest BCUT2D eigenvalue weighted by Crippen LogP contribution is 2.26. The van der Waals surface area contributed by atoms with Crippen molar-refractivity contribution >= 4 is 11.3 Å². The van der Waals surface area contributed by atoms with Crippen LogP contribution in [0.3, 0.4) is 0 Å². The number of piperazine rings is 1. The molecule has 3 nitrogen and oxygen atoms in total. The number of hydrogen-bond donors (Lipinski definition) is 0. The lowest BCUT2D eigenvalue weighted by Gasteiger charge is -2.39. The third kappa shape index (κ3) is 2.27. The van der Waals surface area contributed by atoms with Gasteiger partial charge in [-0.25, -0.2) is 0 Å². The Balaban J connectivity index is 2.09. The van der Waals surface area contributed by atoms with E-state index in [4.69, 9.17) is 0 Å². The Kier molecular flexibility index (Phi) is 3.59. The molecule has 2 atom stereocenters. The topological polar surface area (TPSA) is 30.3 Å². The van der Waals surface area contributed by atoms with Gasteiger partial charge in [-0.05, 0) is 25.4 Å². The van der Waals surface area contributed by atoms with Gasteiger partial charge in [0, 0.05) is 30.6 Å². The molecule has 2 unspecified atom stereocenters. The van der Waals surface area contributed by atoms with Crippen LogP contribution in [0.4, 0.5) is 0 Å². The van der Waals surface area contributed by atoms with Crippen LogP contribution in [0.25, 0.3) is 0 Å². The minimum absolute atomic E-state index is 0.0591. The second-order valence-electron chi connectivity index (χ2n) is 4.37. The molecule has 0 saturated carbocycles. The molecule has 1 aliphatic rings. The molecule has 0 aromatic carbocycles. The fraction of sp³-hybridized carbons (Fsp3) is 0.583. The van der Waals surface area contributed by atoms with Gasteiger partial charge in [-0.3, -0.25) is 4.90 Å². The molecule has 4 heteroatoms. The molecular formula is C12H17N3S. The highest BCUT2D eigenvalue weighted by atomic mass is 32.1. The van der Waals surface area contributed by atoms with Crippen LogP contribution in [-0.4, -0.2) is 42.5 Å². The van der Waals surface area contributed by atoms with Crippen molar-refractivity contribution in [2.24, 2.45) is 0 Å². The number of nitriles is 1. The van der Waals surface area contributed by atoms with Gasteiger partial charge >= 0.3 is 0 Å². The van der Waals surface area contributed by atoms with E-state index in [1.54, 1.807) is 11.3 Å². The molecule has 0 bridgehead atoms. The van der Waals surface area contributed by atoms with E-state index in [9.17, 15) is 5.26 Å². The van der Waals surface area contributed by atoms with Crippen molar-refractivity contribution in [3.8, 4) is 6.07 Å². The SMILES string of the molecule is CC1CN(C(C#N)c2cccs2)CCN1C. The van der Waals surface area contributed by atoms with E-state index < -0.39 is 0 Å². The molecule has 86 valence electrons. The van der Waals surface area contributed by atoms with Crippen molar-refractivity contribution in [1.82, 2.24) is 9.80 Å². The zero-order chi connectivity index (χ0) is 11.5. The molecule has 0 aliphatic carbocycles. The predicted octanol–water partition coefficient (Wildman–Crippen LogP) is 1.95. The van der Waals surface area contributed by atoms with Crippen molar-refractivity contribution in [2.45, 2.75) is 19.0 Å². The normalized spacial score (nSPS) is 25.2. The van der Waals surface area contributed by atoms with Gasteiger partial charge < -0.3 is 4.90 Å². The van der Waals surface area contributed by atoms with E-state index >= 15 is 0 Å². The molecule has 2 heterocycles. The van der Waals surface area contributed by atoms with E-state index in [0.29, 0.717) is 6.04 Å². The first-order valence-electron chi connectivity index (χ1n) is 5.59. The fourth-order valence-corrected chi connectivity index (χ4v) is 2.89. The minimum Gasteiger partial charge on any atom is -0.301 e. The monoisotopic (exact) mass is 235 g/mol. The maximum Gasteiger partial charge on any atom is 0.133 e. The Morgan fingerprint density at radius 2 is 2.38 bits per heavy atom. The Morgan fingerprint density at radius 1 is 1.56 bits per heavy atom.